The fourth-order valence-electron chi connectivity index (χ4n) is 3.26. The van der Waals surface area contributed by atoms with Gasteiger partial charge in [-0.2, -0.15) is 0 Å². The topological polar surface area (TPSA) is 99.4 Å². The third-order valence-corrected chi connectivity index (χ3v) is 4.83. The molecule has 3 heterocycles. The first kappa shape index (κ1) is 24.8. The Bertz CT molecular complexity index is 1330. The van der Waals surface area contributed by atoms with Crippen LogP contribution in [0.15, 0.2) is 110 Å². The van der Waals surface area contributed by atoms with Gasteiger partial charge in [0, 0.05) is 61.0 Å². The molecule has 0 atom stereocenters. The van der Waals surface area contributed by atoms with E-state index in [0.29, 0.717) is 16.6 Å². The van der Waals surface area contributed by atoms with E-state index in [-0.39, 0.29) is 43.5 Å². The second-order valence-electron chi connectivity index (χ2n) is 7.06. The van der Waals surface area contributed by atoms with Crippen LogP contribution < -0.4 is 0 Å². The molecule has 0 aliphatic heterocycles. The van der Waals surface area contributed by atoms with E-state index < -0.39 is 0 Å². The van der Waals surface area contributed by atoms with Gasteiger partial charge < -0.3 is 15.3 Å². The van der Waals surface area contributed by atoms with E-state index in [1.807, 2.05) is 54.6 Å². The van der Waals surface area contributed by atoms with Gasteiger partial charge in [-0.3, -0.25) is 15.0 Å². The van der Waals surface area contributed by atoms with Gasteiger partial charge in [-0.05, 0) is 36.4 Å². The van der Waals surface area contributed by atoms with E-state index in [1.165, 1.54) is 0 Å². The van der Waals surface area contributed by atoms with E-state index in [9.17, 15) is 15.3 Å². The zero-order chi connectivity index (χ0) is 23.0. The van der Waals surface area contributed by atoms with Crippen molar-refractivity contribution in [2.75, 3.05) is 0 Å². The zero-order valence-corrected chi connectivity index (χ0v) is 21.5. The van der Waals surface area contributed by atoms with Gasteiger partial charge >= 0.3 is 0 Å². The molecule has 6 aromatic rings. The normalized spacial score (nSPS) is 9.88. The van der Waals surface area contributed by atoms with Crippen molar-refractivity contribution in [3.8, 4) is 17.2 Å². The van der Waals surface area contributed by atoms with Crippen LogP contribution in [0.4, 0.5) is 0 Å². The maximum absolute atomic E-state index is 9.31. The molecule has 167 valence electrons. The Labute approximate surface area is 215 Å². The molecule has 0 amide bonds. The Morgan fingerprint density at radius 1 is 0.382 bits per heavy atom. The van der Waals surface area contributed by atoms with Crippen molar-refractivity contribution in [3.63, 3.8) is 0 Å². The molecule has 3 aromatic heterocycles. The third kappa shape index (κ3) is 5.94. The molecule has 0 spiro atoms. The van der Waals surface area contributed by atoms with Crippen LogP contribution in [0.3, 0.4) is 0 Å². The number of aromatic hydroxyl groups is 3. The molecule has 34 heavy (non-hydrogen) atoms. The number of benzene rings is 3. The van der Waals surface area contributed by atoms with Gasteiger partial charge in [0.05, 0.1) is 0 Å². The SMILES string of the molecule is Oc1cccc2cccnc12.Oc1cccc2cccnc12.Oc1cccc2cccnc12.[Bi]. The molecule has 0 unspecified atom stereocenters. The maximum Gasteiger partial charge on any atom is 0.141 e. The fraction of sp³-hybridized carbons (Fsp3) is 0. The summed E-state index contributed by atoms with van der Waals surface area (Å²) >= 11 is 0. The number of hydrogen-bond donors (Lipinski definition) is 3. The van der Waals surface area contributed by atoms with Crippen molar-refractivity contribution < 1.29 is 15.3 Å². The predicted molar refractivity (Wildman–Crippen MR) is 136 cm³/mol. The Balaban J connectivity index is 0.000000141. The number of pyridine rings is 3. The van der Waals surface area contributed by atoms with Gasteiger partial charge in [-0.25, -0.2) is 0 Å². The Hall–Kier alpha value is -3.83. The monoisotopic (exact) mass is 644 g/mol. The zero-order valence-electron chi connectivity index (χ0n) is 18.0. The second-order valence-corrected chi connectivity index (χ2v) is 7.06. The third-order valence-electron chi connectivity index (χ3n) is 4.83. The van der Waals surface area contributed by atoms with Gasteiger partial charge in [0.15, 0.2) is 0 Å². The van der Waals surface area contributed by atoms with E-state index in [2.05, 4.69) is 15.0 Å². The number of aromatic nitrogens is 3. The first-order chi connectivity index (χ1) is 16.1. The van der Waals surface area contributed by atoms with Crippen LogP contribution in [-0.4, -0.2) is 56.5 Å². The molecular weight excluding hydrogens is 623 g/mol. The van der Waals surface area contributed by atoms with Crippen LogP contribution in [0, 0.1) is 0 Å². The Morgan fingerprint density at radius 3 is 0.912 bits per heavy atom. The largest absolute Gasteiger partial charge is 0.506 e. The maximum atomic E-state index is 9.31. The van der Waals surface area contributed by atoms with Crippen molar-refractivity contribution in [1.82, 2.24) is 15.0 Å². The van der Waals surface area contributed by atoms with E-state index in [1.54, 1.807) is 55.0 Å². The van der Waals surface area contributed by atoms with Crippen LogP contribution in [0.2, 0.25) is 0 Å². The van der Waals surface area contributed by atoms with Gasteiger partial charge in [0.25, 0.3) is 0 Å². The summed E-state index contributed by atoms with van der Waals surface area (Å²) in [6.45, 7) is 0. The minimum Gasteiger partial charge on any atom is -0.506 e. The molecule has 0 saturated heterocycles. The number of para-hydroxylation sites is 3. The van der Waals surface area contributed by atoms with Crippen LogP contribution in [0.5, 0.6) is 17.2 Å². The average molecular weight is 644 g/mol. The van der Waals surface area contributed by atoms with Crippen molar-refractivity contribution in [3.05, 3.63) is 110 Å². The molecule has 3 aromatic carbocycles. The van der Waals surface area contributed by atoms with Crippen molar-refractivity contribution >= 4 is 58.9 Å². The smallest absolute Gasteiger partial charge is 0.141 e. The standard InChI is InChI=1S/3C9H7NO.Bi/c3*11-8-5-1-3-7-4-2-6-10-9(7)8;/h3*1-6,11H;. The molecular formula is C27H21BiN3O3. The number of fused-ring (bicyclic) bond motifs is 3. The van der Waals surface area contributed by atoms with Crippen LogP contribution in [-0.2, 0) is 0 Å². The summed E-state index contributed by atoms with van der Waals surface area (Å²) in [5, 5.41) is 30.8. The number of hydrogen-bond acceptors (Lipinski definition) is 6. The molecule has 0 aliphatic rings. The molecule has 6 rings (SSSR count). The van der Waals surface area contributed by atoms with Gasteiger partial charge in [-0.15, -0.1) is 0 Å². The summed E-state index contributed by atoms with van der Waals surface area (Å²) in [5.74, 6) is 0.717. The van der Waals surface area contributed by atoms with Gasteiger partial charge in [0.2, 0.25) is 0 Å². The molecule has 0 aliphatic carbocycles. The summed E-state index contributed by atoms with van der Waals surface area (Å²) in [4.78, 5) is 12.1. The summed E-state index contributed by atoms with van der Waals surface area (Å²) in [5.41, 5.74) is 1.99. The number of phenols is 3. The minimum absolute atomic E-state index is 0. The Morgan fingerprint density at radius 2 is 0.647 bits per heavy atom. The fourth-order valence-corrected chi connectivity index (χ4v) is 3.26. The number of rotatable bonds is 0. The first-order valence-corrected chi connectivity index (χ1v) is 10.2. The molecule has 0 bridgehead atoms. The molecule has 3 N–H and O–H groups in total. The molecule has 7 heteroatoms. The molecule has 3 radical (unpaired) electrons. The van der Waals surface area contributed by atoms with Gasteiger partial charge in [0.1, 0.15) is 33.8 Å². The predicted octanol–water partition coefficient (Wildman–Crippen LogP) is 5.44. The summed E-state index contributed by atoms with van der Waals surface area (Å²) in [6.07, 6.45) is 5.01. The summed E-state index contributed by atoms with van der Waals surface area (Å²) < 4.78 is 0. The quantitative estimate of drug-likeness (QED) is 0.191. The van der Waals surface area contributed by atoms with Crippen LogP contribution in [0.1, 0.15) is 0 Å². The number of phenolic OH excluding ortho intramolecular Hbond substituents is 3. The Kier molecular flexibility index (Phi) is 8.66. The van der Waals surface area contributed by atoms with E-state index in [0.717, 1.165) is 16.2 Å². The van der Waals surface area contributed by atoms with Crippen molar-refractivity contribution in [2.45, 2.75) is 0 Å². The van der Waals surface area contributed by atoms with Crippen molar-refractivity contribution in [1.29, 1.82) is 0 Å². The summed E-state index contributed by atoms with van der Waals surface area (Å²) in [6, 6.07) is 27.4. The summed E-state index contributed by atoms with van der Waals surface area (Å²) in [7, 11) is 0. The minimum atomic E-state index is 0. The molecule has 0 saturated carbocycles. The molecule has 6 nitrogen and oxygen atoms in total. The van der Waals surface area contributed by atoms with Crippen LogP contribution >= 0.6 is 0 Å². The second kappa shape index (κ2) is 11.9. The van der Waals surface area contributed by atoms with Gasteiger partial charge in [-0.1, -0.05) is 54.6 Å². The van der Waals surface area contributed by atoms with E-state index in [4.69, 9.17) is 0 Å². The van der Waals surface area contributed by atoms with E-state index >= 15 is 0 Å². The van der Waals surface area contributed by atoms with Crippen molar-refractivity contribution in [2.24, 2.45) is 0 Å². The molecule has 0 fully saturated rings. The first-order valence-electron chi connectivity index (χ1n) is 10.2. The average Bonchev–Trinajstić information content (AvgIpc) is 2.86. The van der Waals surface area contributed by atoms with Crippen LogP contribution in [0.25, 0.3) is 32.7 Å². The number of nitrogens with zero attached hydrogens (tertiary/aromatic N) is 3.